The summed E-state index contributed by atoms with van der Waals surface area (Å²) in [7, 11) is 1.44. The van der Waals surface area contributed by atoms with Gasteiger partial charge in [0.2, 0.25) is 0 Å². The van der Waals surface area contributed by atoms with Crippen LogP contribution in [0.15, 0.2) is 24.3 Å². The Hall–Kier alpha value is -1.09. The van der Waals surface area contributed by atoms with Gasteiger partial charge in [-0.1, -0.05) is 69.2 Å². The second kappa shape index (κ2) is 20.0. The molecule has 140 valence electrons. The van der Waals surface area contributed by atoms with E-state index in [0.29, 0.717) is 13.0 Å². The number of allylic oxidation sites excluding steroid dienone is 4. The summed E-state index contributed by atoms with van der Waals surface area (Å²) in [5.41, 5.74) is 0. The van der Waals surface area contributed by atoms with Crippen molar-refractivity contribution in [3.63, 3.8) is 0 Å². The molecule has 3 heteroatoms. The van der Waals surface area contributed by atoms with Crippen molar-refractivity contribution in [1.29, 1.82) is 0 Å². The maximum Gasteiger partial charge on any atom is 0.305 e. The van der Waals surface area contributed by atoms with Gasteiger partial charge in [0.05, 0.1) is 7.11 Å². The third-order valence-electron chi connectivity index (χ3n) is 4.14. The van der Waals surface area contributed by atoms with Crippen LogP contribution in [-0.4, -0.2) is 24.8 Å². The van der Waals surface area contributed by atoms with Crippen molar-refractivity contribution in [2.45, 2.75) is 89.9 Å². The minimum Gasteiger partial charge on any atom is -0.469 e. The zero-order valence-corrected chi connectivity index (χ0v) is 15.7. The predicted octanol–water partition coefficient (Wildman–Crippen LogP) is 5.73. The van der Waals surface area contributed by atoms with Crippen LogP contribution in [0, 0.1) is 0 Å². The molecule has 1 N–H and O–H groups in total. The van der Waals surface area contributed by atoms with Gasteiger partial charge in [0.15, 0.2) is 0 Å². The Labute approximate surface area is 149 Å². The fraction of sp³-hybridized carbons (Fsp3) is 0.762. The fourth-order valence-electron chi connectivity index (χ4n) is 2.59. The highest BCUT2D eigenvalue weighted by molar-refractivity contribution is 5.68. The SMILES string of the molecule is COC(=O)CCCCCC=CC=CCCCCCCCCCCO. The van der Waals surface area contributed by atoms with Crippen molar-refractivity contribution < 1.29 is 14.6 Å². The summed E-state index contributed by atoms with van der Waals surface area (Å²) in [6, 6.07) is 0. The van der Waals surface area contributed by atoms with E-state index >= 15 is 0 Å². The largest absolute Gasteiger partial charge is 0.469 e. The van der Waals surface area contributed by atoms with E-state index in [1.807, 2.05) is 0 Å². The van der Waals surface area contributed by atoms with Gasteiger partial charge in [0, 0.05) is 13.0 Å². The van der Waals surface area contributed by atoms with Crippen LogP contribution in [-0.2, 0) is 9.53 Å². The topological polar surface area (TPSA) is 46.5 Å². The van der Waals surface area contributed by atoms with Crippen LogP contribution < -0.4 is 0 Å². The molecule has 0 aliphatic carbocycles. The first-order valence-corrected chi connectivity index (χ1v) is 9.80. The van der Waals surface area contributed by atoms with Gasteiger partial charge in [-0.2, -0.15) is 0 Å². The van der Waals surface area contributed by atoms with E-state index in [-0.39, 0.29) is 5.97 Å². The normalized spacial score (nSPS) is 11.6. The van der Waals surface area contributed by atoms with Gasteiger partial charge in [-0.05, 0) is 38.5 Å². The molecule has 0 heterocycles. The second-order valence-corrected chi connectivity index (χ2v) is 6.37. The molecule has 0 saturated carbocycles. The molecule has 0 amide bonds. The first-order chi connectivity index (χ1) is 11.8. The predicted molar refractivity (Wildman–Crippen MR) is 102 cm³/mol. The molecule has 0 aliphatic rings. The van der Waals surface area contributed by atoms with E-state index < -0.39 is 0 Å². The van der Waals surface area contributed by atoms with E-state index in [9.17, 15) is 4.79 Å². The summed E-state index contributed by atoms with van der Waals surface area (Å²) in [5, 5.41) is 8.69. The van der Waals surface area contributed by atoms with Crippen molar-refractivity contribution in [2.75, 3.05) is 13.7 Å². The lowest BCUT2D eigenvalue weighted by molar-refractivity contribution is -0.140. The van der Waals surface area contributed by atoms with E-state index in [0.717, 1.165) is 32.1 Å². The third kappa shape index (κ3) is 19.0. The molecule has 0 rings (SSSR count). The Bertz CT molecular complexity index is 321. The monoisotopic (exact) mass is 338 g/mol. The number of carbonyl (C=O) groups is 1. The lowest BCUT2D eigenvalue weighted by atomic mass is 10.1. The maximum absolute atomic E-state index is 10.9. The quantitative estimate of drug-likeness (QED) is 0.209. The molecule has 0 aliphatic heterocycles. The van der Waals surface area contributed by atoms with Gasteiger partial charge in [0.1, 0.15) is 0 Å². The van der Waals surface area contributed by atoms with Crippen molar-refractivity contribution in [1.82, 2.24) is 0 Å². The molecule has 24 heavy (non-hydrogen) atoms. The highest BCUT2D eigenvalue weighted by Gasteiger charge is 1.97. The van der Waals surface area contributed by atoms with Crippen LogP contribution >= 0.6 is 0 Å². The van der Waals surface area contributed by atoms with Crippen LogP contribution in [0.3, 0.4) is 0 Å². The molecule has 0 saturated heterocycles. The summed E-state index contributed by atoms with van der Waals surface area (Å²) in [5.74, 6) is -0.102. The molecule has 0 spiro atoms. The number of aliphatic hydroxyl groups excluding tert-OH is 1. The zero-order chi connectivity index (χ0) is 17.7. The third-order valence-corrected chi connectivity index (χ3v) is 4.14. The summed E-state index contributed by atoms with van der Waals surface area (Å²) >= 11 is 0. The molecule has 0 atom stereocenters. The first kappa shape index (κ1) is 22.9. The molecule has 3 nitrogen and oxygen atoms in total. The molecular formula is C21H38O3. The minimum absolute atomic E-state index is 0.102. The lowest BCUT2D eigenvalue weighted by Gasteiger charge is -2.00. The summed E-state index contributed by atoms with van der Waals surface area (Å²) in [6.07, 6.45) is 24.7. The van der Waals surface area contributed by atoms with Crippen LogP contribution in [0.5, 0.6) is 0 Å². The molecule has 0 aromatic heterocycles. The molecule has 0 aromatic carbocycles. The number of methoxy groups -OCH3 is 1. The fourth-order valence-corrected chi connectivity index (χ4v) is 2.59. The standard InChI is InChI=1S/C21H38O3/c1-24-21(23)19-17-15-13-11-9-7-5-3-2-4-6-8-10-12-14-16-18-20-22/h3,5,7,9,22H,2,4,6,8,10-20H2,1H3. The Kier molecular flexibility index (Phi) is 19.0. The number of esters is 1. The van der Waals surface area contributed by atoms with Gasteiger partial charge >= 0.3 is 5.97 Å². The number of ether oxygens (including phenoxy) is 1. The Morgan fingerprint density at radius 3 is 1.71 bits per heavy atom. The number of aliphatic hydroxyl groups is 1. The number of unbranched alkanes of at least 4 members (excludes halogenated alkanes) is 11. The average molecular weight is 339 g/mol. The number of rotatable bonds is 17. The highest BCUT2D eigenvalue weighted by atomic mass is 16.5. The van der Waals surface area contributed by atoms with Crippen LogP contribution in [0.4, 0.5) is 0 Å². The Morgan fingerprint density at radius 1 is 0.750 bits per heavy atom. The van der Waals surface area contributed by atoms with Crippen molar-refractivity contribution in [2.24, 2.45) is 0 Å². The summed E-state index contributed by atoms with van der Waals surface area (Å²) in [6.45, 7) is 0.343. The summed E-state index contributed by atoms with van der Waals surface area (Å²) < 4.78 is 4.61. The van der Waals surface area contributed by atoms with Crippen LogP contribution in [0.25, 0.3) is 0 Å². The molecule has 0 bridgehead atoms. The van der Waals surface area contributed by atoms with E-state index in [1.165, 1.54) is 58.5 Å². The smallest absolute Gasteiger partial charge is 0.305 e. The van der Waals surface area contributed by atoms with Crippen molar-refractivity contribution in [3.8, 4) is 0 Å². The van der Waals surface area contributed by atoms with Crippen molar-refractivity contribution >= 4 is 5.97 Å². The lowest BCUT2D eigenvalue weighted by Crippen LogP contribution is -1.98. The molecule has 0 aromatic rings. The van der Waals surface area contributed by atoms with Gasteiger partial charge in [-0.25, -0.2) is 0 Å². The van der Waals surface area contributed by atoms with E-state index in [2.05, 4.69) is 29.0 Å². The second-order valence-electron chi connectivity index (χ2n) is 6.37. The summed E-state index contributed by atoms with van der Waals surface area (Å²) in [4.78, 5) is 10.9. The Morgan fingerprint density at radius 2 is 1.21 bits per heavy atom. The van der Waals surface area contributed by atoms with Gasteiger partial charge in [-0.15, -0.1) is 0 Å². The molecule has 0 radical (unpaired) electrons. The molecule has 0 fully saturated rings. The van der Waals surface area contributed by atoms with Gasteiger partial charge < -0.3 is 9.84 Å². The minimum atomic E-state index is -0.102. The maximum atomic E-state index is 10.9. The molecule has 0 unspecified atom stereocenters. The zero-order valence-electron chi connectivity index (χ0n) is 15.7. The van der Waals surface area contributed by atoms with Crippen LogP contribution in [0.2, 0.25) is 0 Å². The number of carbonyl (C=O) groups excluding carboxylic acids is 1. The average Bonchev–Trinajstić information content (AvgIpc) is 2.60. The molecular weight excluding hydrogens is 300 g/mol. The van der Waals surface area contributed by atoms with E-state index in [1.54, 1.807) is 0 Å². The Balaban J connectivity index is 3.21. The number of hydrogen-bond acceptors (Lipinski definition) is 3. The van der Waals surface area contributed by atoms with Crippen molar-refractivity contribution in [3.05, 3.63) is 24.3 Å². The van der Waals surface area contributed by atoms with Gasteiger partial charge in [-0.3, -0.25) is 4.79 Å². The first-order valence-electron chi connectivity index (χ1n) is 9.80. The van der Waals surface area contributed by atoms with Gasteiger partial charge in [0.25, 0.3) is 0 Å². The van der Waals surface area contributed by atoms with Crippen LogP contribution in [0.1, 0.15) is 89.9 Å². The number of hydrogen-bond donors (Lipinski definition) is 1. The van der Waals surface area contributed by atoms with E-state index in [4.69, 9.17) is 5.11 Å². The highest BCUT2D eigenvalue weighted by Crippen LogP contribution is 2.10.